The van der Waals surface area contributed by atoms with Crippen LogP contribution in [0.4, 0.5) is 8.78 Å². The topological polar surface area (TPSA) is 48.7 Å². The number of hydrogen-bond acceptors (Lipinski definition) is 5. The van der Waals surface area contributed by atoms with Gasteiger partial charge in [-0.25, -0.2) is 13.8 Å². The average Bonchev–Trinajstić information content (AvgIpc) is 3.80. The van der Waals surface area contributed by atoms with Gasteiger partial charge in [0.1, 0.15) is 23.9 Å². The number of halogens is 3. The van der Waals surface area contributed by atoms with E-state index in [1.165, 1.54) is 30.2 Å². The number of fused-ring (bicyclic) bond motifs is 1. The molecule has 5 atom stereocenters. The Morgan fingerprint density at radius 2 is 1.92 bits per heavy atom. The van der Waals surface area contributed by atoms with E-state index in [0.29, 0.717) is 28.2 Å². The first-order valence-electron chi connectivity index (χ1n) is 18.0. The Hall–Kier alpha value is -3.26. The second-order valence-corrected chi connectivity index (χ2v) is 16.3. The van der Waals surface area contributed by atoms with E-state index >= 15 is 0 Å². The number of rotatable bonds is 10. The first-order valence-corrected chi connectivity index (χ1v) is 19.3. The van der Waals surface area contributed by atoms with Crippen LogP contribution in [0.1, 0.15) is 105 Å². The van der Waals surface area contributed by atoms with E-state index in [4.69, 9.17) is 21.6 Å². The average molecular weight is 714 g/mol. The van der Waals surface area contributed by atoms with Crippen LogP contribution in [0.25, 0.3) is 5.57 Å². The minimum atomic E-state index is -1.22. The molecule has 0 spiro atoms. The van der Waals surface area contributed by atoms with Gasteiger partial charge in [-0.15, -0.1) is 18.3 Å². The highest BCUT2D eigenvalue weighted by Crippen LogP contribution is 2.49. The van der Waals surface area contributed by atoms with Crippen LogP contribution in [-0.2, 0) is 6.42 Å². The lowest BCUT2D eigenvalue weighted by molar-refractivity contribution is 0.0172. The van der Waals surface area contributed by atoms with Crippen LogP contribution in [-0.4, -0.2) is 38.2 Å². The minimum Gasteiger partial charge on any atom is -0.390 e. The van der Waals surface area contributed by atoms with Crippen molar-refractivity contribution < 1.29 is 13.9 Å². The number of aryl methyl sites for hydroxylation is 1. The SMILES string of the molecule is C=CC(CCc1ccc(C2CCC(C)(O)CC2)cc1)[C@H]1CC2=C(c3cccc(C(C)F)n3)[C@H](c3ccc(F)cc3Cl)N=C(C3CC=CS3)N2C1. The molecule has 4 nitrogen and oxygen atoms in total. The molecule has 1 aliphatic carbocycles. The number of aromatic nitrogens is 1. The number of nitrogens with zero attached hydrogens (tertiary/aromatic N) is 3. The lowest BCUT2D eigenvalue weighted by Gasteiger charge is -2.35. The van der Waals surface area contributed by atoms with E-state index in [9.17, 15) is 13.9 Å². The third-order valence-corrected chi connectivity index (χ3v) is 12.6. The molecule has 50 heavy (non-hydrogen) atoms. The molecule has 2 aromatic carbocycles. The summed E-state index contributed by atoms with van der Waals surface area (Å²) in [5.41, 5.74) is 5.98. The summed E-state index contributed by atoms with van der Waals surface area (Å²) in [6.45, 7) is 8.56. The normalized spacial score (nSPS) is 27.6. The van der Waals surface area contributed by atoms with Gasteiger partial charge in [0.05, 0.1) is 22.2 Å². The summed E-state index contributed by atoms with van der Waals surface area (Å²) in [7, 11) is 0. The number of amidine groups is 1. The van der Waals surface area contributed by atoms with Crippen LogP contribution < -0.4 is 0 Å². The van der Waals surface area contributed by atoms with Gasteiger partial charge in [-0.2, -0.15) is 0 Å². The summed E-state index contributed by atoms with van der Waals surface area (Å²) in [4.78, 5) is 12.6. The van der Waals surface area contributed by atoms with Gasteiger partial charge in [-0.3, -0.25) is 4.99 Å². The number of aliphatic imine (C=N–C) groups is 1. The van der Waals surface area contributed by atoms with Crippen molar-refractivity contribution in [3.05, 3.63) is 129 Å². The number of benzene rings is 2. The summed E-state index contributed by atoms with van der Waals surface area (Å²) >= 11 is 8.52. The quantitative estimate of drug-likeness (QED) is 0.213. The molecule has 3 aliphatic heterocycles. The number of pyridine rings is 1. The largest absolute Gasteiger partial charge is 0.390 e. The van der Waals surface area contributed by atoms with Crippen molar-refractivity contribution in [2.45, 2.75) is 94.2 Å². The summed E-state index contributed by atoms with van der Waals surface area (Å²) in [5.74, 6) is 1.68. The Bertz CT molecular complexity index is 1800. The number of hydrogen-bond donors (Lipinski definition) is 1. The molecule has 3 aromatic rings. The number of allylic oxidation sites excluding steroid dienone is 3. The van der Waals surface area contributed by atoms with Crippen molar-refractivity contribution in [1.82, 2.24) is 9.88 Å². The Balaban J connectivity index is 1.19. The molecule has 0 amide bonds. The summed E-state index contributed by atoms with van der Waals surface area (Å²) in [6.07, 6.45) is 10.5. The Kier molecular flexibility index (Phi) is 10.4. The van der Waals surface area contributed by atoms with Crippen LogP contribution in [0.5, 0.6) is 0 Å². The molecule has 0 radical (unpaired) electrons. The molecule has 1 saturated carbocycles. The molecule has 4 heterocycles. The van der Waals surface area contributed by atoms with Gasteiger partial charge in [0, 0.05) is 28.4 Å². The maximum Gasteiger partial charge on any atom is 0.139 e. The maximum absolute atomic E-state index is 14.6. The Morgan fingerprint density at radius 1 is 1.14 bits per heavy atom. The molecule has 1 N–H and O–H groups in total. The minimum absolute atomic E-state index is 0.160. The molecule has 8 heteroatoms. The van der Waals surface area contributed by atoms with Gasteiger partial charge in [0.15, 0.2) is 0 Å². The Labute approximate surface area is 304 Å². The van der Waals surface area contributed by atoms with Crippen molar-refractivity contribution >= 4 is 34.8 Å². The fraction of sp³-hybridized carbons (Fsp3) is 0.429. The standard InChI is InChI=1S/C42H46ClF2N3OS/c1-4-28(13-10-27-11-14-29(15-12-27)30-18-20-42(3,49)21-19-30)31-23-37-39(36-8-5-7-35(46-36)26(2)44)40(33-17-16-32(45)24-34(33)43)47-41(48(37)25-31)38-9-6-22-50-38/h4-8,11-12,14-17,22,24,26,28,30-31,38,40,49H,1,9-10,13,18-21,23,25H2,2-3H3/t26?,28?,30?,31-,38?,40-,42?/m0/s1. The first-order chi connectivity index (χ1) is 24.1. The summed E-state index contributed by atoms with van der Waals surface area (Å²) in [6, 6.07) is 18.6. The fourth-order valence-electron chi connectivity index (χ4n) is 8.24. The molecule has 3 unspecified atom stereocenters. The molecule has 4 aliphatic rings. The third kappa shape index (κ3) is 7.37. The molecular formula is C42H46ClF2N3OS. The van der Waals surface area contributed by atoms with Gasteiger partial charge in [0.2, 0.25) is 0 Å². The summed E-state index contributed by atoms with van der Waals surface area (Å²) in [5, 5.41) is 13.0. The van der Waals surface area contributed by atoms with E-state index in [1.807, 2.05) is 19.1 Å². The highest BCUT2D eigenvalue weighted by molar-refractivity contribution is 8.03. The second kappa shape index (κ2) is 14.8. The molecule has 1 saturated heterocycles. The molecule has 262 valence electrons. The van der Waals surface area contributed by atoms with E-state index in [1.54, 1.807) is 23.9 Å². The van der Waals surface area contributed by atoms with Crippen molar-refractivity contribution in [2.24, 2.45) is 16.8 Å². The van der Waals surface area contributed by atoms with Crippen LogP contribution in [0, 0.1) is 17.7 Å². The highest BCUT2D eigenvalue weighted by atomic mass is 35.5. The number of alkyl halides is 1. The maximum atomic E-state index is 14.6. The number of thioether (sulfide) groups is 1. The van der Waals surface area contributed by atoms with Gasteiger partial charge in [-0.05, 0) is 124 Å². The molecule has 0 bridgehead atoms. The van der Waals surface area contributed by atoms with E-state index in [2.05, 4.69) is 53.3 Å². The van der Waals surface area contributed by atoms with Gasteiger partial charge < -0.3 is 10.0 Å². The fourth-order valence-corrected chi connectivity index (χ4v) is 9.46. The molecule has 2 fully saturated rings. The molecular weight excluding hydrogens is 668 g/mol. The lowest BCUT2D eigenvalue weighted by Crippen LogP contribution is -2.38. The Morgan fingerprint density at radius 3 is 2.60 bits per heavy atom. The smallest absolute Gasteiger partial charge is 0.139 e. The van der Waals surface area contributed by atoms with Crippen molar-refractivity contribution in [3.63, 3.8) is 0 Å². The zero-order valence-electron chi connectivity index (χ0n) is 28.9. The van der Waals surface area contributed by atoms with Crippen molar-refractivity contribution in [2.75, 3.05) is 6.54 Å². The van der Waals surface area contributed by atoms with E-state index < -0.39 is 23.6 Å². The van der Waals surface area contributed by atoms with Gasteiger partial charge in [-0.1, -0.05) is 60.2 Å². The monoisotopic (exact) mass is 713 g/mol. The van der Waals surface area contributed by atoms with E-state index in [-0.39, 0.29) is 11.2 Å². The summed E-state index contributed by atoms with van der Waals surface area (Å²) < 4.78 is 28.9. The first kappa shape index (κ1) is 35.2. The van der Waals surface area contributed by atoms with Crippen LogP contribution in [0.3, 0.4) is 0 Å². The third-order valence-electron chi connectivity index (χ3n) is 11.2. The zero-order valence-corrected chi connectivity index (χ0v) is 30.4. The predicted octanol–water partition coefficient (Wildman–Crippen LogP) is 11.0. The van der Waals surface area contributed by atoms with Crippen LogP contribution in [0.2, 0.25) is 5.02 Å². The van der Waals surface area contributed by atoms with Crippen LogP contribution in [0.15, 0.2) is 95.5 Å². The highest BCUT2D eigenvalue weighted by Gasteiger charge is 2.43. The molecule has 7 rings (SSSR count). The van der Waals surface area contributed by atoms with Gasteiger partial charge >= 0.3 is 0 Å². The van der Waals surface area contributed by atoms with Crippen LogP contribution >= 0.6 is 23.4 Å². The molecule has 1 aromatic heterocycles. The van der Waals surface area contributed by atoms with Crippen molar-refractivity contribution in [1.29, 1.82) is 0 Å². The van der Waals surface area contributed by atoms with E-state index in [0.717, 1.165) is 80.6 Å². The lowest BCUT2D eigenvalue weighted by atomic mass is 9.77. The van der Waals surface area contributed by atoms with Crippen molar-refractivity contribution in [3.8, 4) is 0 Å². The second-order valence-electron chi connectivity index (χ2n) is 14.7. The predicted molar refractivity (Wildman–Crippen MR) is 202 cm³/mol. The van der Waals surface area contributed by atoms with Gasteiger partial charge in [0.25, 0.3) is 0 Å². The zero-order chi connectivity index (χ0) is 35.0. The number of aliphatic hydroxyl groups is 1.